The van der Waals surface area contributed by atoms with Crippen molar-refractivity contribution in [3.8, 4) is 0 Å². The van der Waals surface area contributed by atoms with Gasteiger partial charge in [-0.05, 0) is 48.1 Å². The fourth-order valence-electron chi connectivity index (χ4n) is 2.78. The van der Waals surface area contributed by atoms with E-state index in [1.807, 2.05) is 18.2 Å². The van der Waals surface area contributed by atoms with Crippen LogP contribution in [0, 0.1) is 0 Å². The second kappa shape index (κ2) is 5.77. The summed E-state index contributed by atoms with van der Waals surface area (Å²) in [7, 11) is 0. The summed E-state index contributed by atoms with van der Waals surface area (Å²) in [4.78, 5) is 0. The Kier molecular flexibility index (Phi) is 3.86. The molecule has 98 valence electrons. The fourth-order valence-corrected chi connectivity index (χ4v) is 2.99. The molecule has 0 aliphatic heterocycles. The molecule has 1 N–H and O–H groups in total. The molecule has 0 spiro atoms. The van der Waals surface area contributed by atoms with Crippen molar-refractivity contribution in [3.05, 3.63) is 70.2 Å². The zero-order chi connectivity index (χ0) is 13.1. The number of fused-ring (bicyclic) bond motifs is 1. The largest absolute Gasteiger partial charge is 0.310 e. The zero-order valence-corrected chi connectivity index (χ0v) is 11.7. The first-order valence-corrected chi connectivity index (χ1v) is 7.24. The van der Waals surface area contributed by atoms with Gasteiger partial charge in [0.25, 0.3) is 0 Å². The lowest BCUT2D eigenvalue weighted by Gasteiger charge is -2.25. The maximum atomic E-state index is 6.01. The van der Waals surface area contributed by atoms with Gasteiger partial charge in [-0.2, -0.15) is 0 Å². The molecule has 2 aromatic rings. The first-order chi connectivity index (χ1) is 9.31. The molecule has 0 heterocycles. The van der Waals surface area contributed by atoms with Crippen molar-refractivity contribution in [2.45, 2.75) is 31.8 Å². The van der Waals surface area contributed by atoms with Gasteiger partial charge in [0.05, 0.1) is 0 Å². The Hall–Kier alpha value is -1.31. The molecule has 3 rings (SSSR count). The molecule has 2 heteroatoms. The number of benzene rings is 2. The van der Waals surface area contributed by atoms with Crippen molar-refractivity contribution < 1.29 is 0 Å². The Morgan fingerprint density at radius 3 is 2.74 bits per heavy atom. The van der Waals surface area contributed by atoms with Crippen LogP contribution in [0.15, 0.2) is 48.5 Å². The Bertz CT molecular complexity index is 565. The lowest BCUT2D eigenvalue weighted by Crippen LogP contribution is -2.34. The molecule has 0 radical (unpaired) electrons. The molecule has 1 aliphatic carbocycles. The Morgan fingerprint density at radius 1 is 1.05 bits per heavy atom. The smallest absolute Gasteiger partial charge is 0.0409 e. The molecule has 1 aliphatic rings. The van der Waals surface area contributed by atoms with E-state index in [0.717, 1.165) is 18.0 Å². The minimum atomic E-state index is 0.578. The summed E-state index contributed by atoms with van der Waals surface area (Å²) >= 11 is 6.01. The van der Waals surface area contributed by atoms with E-state index >= 15 is 0 Å². The SMILES string of the molecule is Clc1cccc(CNC2CCc3ccccc3C2)c1. The summed E-state index contributed by atoms with van der Waals surface area (Å²) in [5.41, 5.74) is 4.27. The van der Waals surface area contributed by atoms with Crippen molar-refractivity contribution in [2.24, 2.45) is 0 Å². The van der Waals surface area contributed by atoms with Crippen molar-refractivity contribution >= 4 is 11.6 Å². The molecule has 2 aromatic carbocycles. The first-order valence-electron chi connectivity index (χ1n) is 6.86. The van der Waals surface area contributed by atoms with Gasteiger partial charge in [0.15, 0.2) is 0 Å². The molecule has 0 amide bonds. The molecule has 0 saturated heterocycles. The van der Waals surface area contributed by atoms with E-state index in [0.29, 0.717) is 6.04 Å². The van der Waals surface area contributed by atoms with Crippen LogP contribution < -0.4 is 5.32 Å². The molecule has 1 unspecified atom stereocenters. The number of hydrogen-bond donors (Lipinski definition) is 1. The van der Waals surface area contributed by atoms with Gasteiger partial charge in [-0.3, -0.25) is 0 Å². The van der Waals surface area contributed by atoms with Gasteiger partial charge in [-0.1, -0.05) is 48.0 Å². The predicted octanol–water partition coefficient (Wildman–Crippen LogP) is 3.99. The topological polar surface area (TPSA) is 12.0 Å². The average Bonchev–Trinajstić information content (AvgIpc) is 2.45. The molecular formula is C17H18ClN. The van der Waals surface area contributed by atoms with Crippen LogP contribution in [0.25, 0.3) is 0 Å². The highest BCUT2D eigenvalue weighted by Gasteiger charge is 2.17. The highest BCUT2D eigenvalue weighted by molar-refractivity contribution is 6.30. The zero-order valence-electron chi connectivity index (χ0n) is 10.9. The van der Waals surface area contributed by atoms with E-state index in [-0.39, 0.29) is 0 Å². The summed E-state index contributed by atoms with van der Waals surface area (Å²) in [6.07, 6.45) is 3.54. The number of halogens is 1. The third-order valence-corrected chi connectivity index (χ3v) is 4.07. The third kappa shape index (κ3) is 3.17. The standard InChI is InChI=1S/C17H18ClN/c18-16-7-3-4-13(10-16)12-19-17-9-8-14-5-1-2-6-15(14)11-17/h1-7,10,17,19H,8-9,11-12H2. The second-order valence-electron chi connectivity index (χ2n) is 5.22. The van der Waals surface area contributed by atoms with Crippen LogP contribution in [0.2, 0.25) is 5.02 Å². The van der Waals surface area contributed by atoms with Crippen LogP contribution in [0.1, 0.15) is 23.1 Å². The number of nitrogens with one attached hydrogen (secondary N) is 1. The van der Waals surface area contributed by atoms with Crippen LogP contribution >= 0.6 is 11.6 Å². The van der Waals surface area contributed by atoms with Crippen LogP contribution in [-0.2, 0) is 19.4 Å². The Labute approximate surface area is 119 Å². The quantitative estimate of drug-likeness (QED) is 0.890. The van der Waals surface area contributed by atoms with Crippen molar-refractivity contribution in [1.82, 2.24) is 5.32 Å². The van der Waals surface area contributed by atoms with Crippen molar-refractivity contribution in [2.75, 3.05) is 0 Å². The van der Waals surface area contributed by atoms with E-state index in [4.69, 9.17) is 11.6 Å². The first kappa shape index (κ1) is 12.7. The van der Waals surface area contributed by atoms with Gasteiger partial charge >= 0.3 is 0 Å². The molecule has 0 bridgehead atoms. The lowest BCUT2D eigenvalue weighted by molar-refractivity contribution is 0.457. The summed E-state index contributed by atoms with van der Waals surface area (Å²) in [6.45, 7) is 0.896. The summed E-state index contributed by atoms with van der Waals surface area (Å²) in [5, 5.41) is 4.46. The van der Waals surface area contributed by atoms with Crippen molar-refractivity contribution in [1.29, 1.82) is 0 Å². The van der Waals surface area contributed by atoms with Crippen LogP contribution in [0.3, 0.4) is 0 Å². The lowest BCUT2D eigenvalue weighted by atomic mass is 9.88. The average molecular weight is 272 g/mol. The number of hydrogen-bond acceptors (Lipinski definition) is 1. The second-order valence-corrected chi connectivity index (χ2v) is 5.66. The Balaban J connectivity index is 1.61. The van der Waals surface area contributed by atoms with E-state index < -0.39 is 0 Å². The molecule has 1 nitrogen and oxygen atoms in total. The molecular weight excluding hydrogens is 254 g/mol. The summed E-state index contributed by atoms with van der Waals surface area (Å²) < 4.78 is 0. The maximum absolute atomic E-state index is 6.01. The highest BCUT2D eigenvalue weighted by Crippen LogP contribution is 2.21. The van der Waals surface area contributed by atoms with Gasteiger partial charge in [-0.15, -0.1) is 0 Å². The molecule has 0 fully saturated rings. The molecule has 0 saturated carbocycles. The van der Waals surface area contributed by atoms with Crippen LogP contribution in [0.5, 0.6) is 0 Å². The van der Waals surface area contributed by atoms with Crippen molar-refractivity contribution in [3.63, 3.8) is 0 Å². The van der Waals surface area contributed by atoms with E-state index in [2.05, 4.69) is 35.6 Å². The van der Waals surface area contributed by atoms with E-state index in [1.54, 1.807) is 0 Å². The summed E-state index contributed by atoms with van der Waals surface area (Å²) in [6, 6.07) is 17.4. The molecule has 19 heavy (non-hydrogen) atoms. The van der Waals surface area contributed by atoms with Gasteiger partial charge in [0.2, 0.25) is 0 Å². The van der Waals surface area contributed by atoms with Crippen LogP contribution in [-0.4, -0.2) is 6.04 Å². The number of rotatable bonds is 3. The normalized spacial score (nSPS) is 18.1. The Morgan fingerprint density at radius 2 is 1.89 bits per heavy atom. The number of aryl methyl sites for hydroxylation is 1. The van der Waals surface area contributed by atoms with Gasteiger partial charge in [0, 0.05) is 17.6 Å². The molecule has 0 aromatic heterocycles. The predicted molar refractivity (Wildman–Crippen MR) is 80.5 cm³/mol. The summed E-state index contributed by atoms with van der Waals surface area (Å²) in [5.74, 6) is 0. The maximum Gasteiger partial charge on any atom is 0.0409 e. The van der Waals surface area contributed by atoms with Gasteiger partial charge < -0.3 is 5.32 Å². The monoisotopic (exact) mass is 271 g/mol. The molecule has 1 atom stereocenters. The van der Waals surface area contributed by atoms with E-state index in [1.165, 1.54) is 29.5 Å². The fraction of sp³-hybridized carbons (Fsp3) is 0.294. The van der Waals surface area contributed by atoms with Crippen LogP contribution in [0.4, 0.5) is 0 Å². The van der Waals surface area contributed by atoms with Gasteiger partial charge in [0.1, 0.15) is 0 Å². The minimum Gasteiger partial charge on any atom is -0.310 e. The third-order valence-electron chi connectivity index (χ3n) is 3.83. The highest BCUT2D eigenvalue weighted by atomic mass is 35.5. The van der Waals surface area contributed by atoms with Gasteiger partial charge in [-0.25, -0.2) is 0 Å². The minimum absolute atomic E-state index is 0.578. The van der Waals surface area contributed by atoms with E-state index in [9.17, 15) is 0 Å².